The van der Waals surface area contributed by atoms with Crippen molar-refractivity contribution in [1.29, 1.82) is 5.26 Å². The van der Waals surface area contributed by atoms with Crippen LogP contribution in [0.15, 0.2) is 48.5 Å². The van der Waals surface area contributed by atoms with Crippen molar-refractivity contribution in [1.82, 2.24) is 0 Å². The van der Waals surface area contributed by atoms with Crippen LogP contribution in [0.2, 0.25) is 0 Å². The molecule has 90 valence electrons. The van der Waals surface area contributed by atoms with E-state index in [2.05, 4.69) is 6.07 Å². The van der Waals surface area contributed by atoms with Gasteiger partial charge in [0.1, 0.15) is 0 Å². The van der Waals surface area contributed by atoms with E-state index in [1.807, 2.05) is 48.5 Å². The largest absolute Gasteiger partial charge is 0.396 e. The minimum absolute atomic E-state index is 0.183. The van der Waals surface area contributed by atoms with Crippen LogP contribution in [0.5, 0.6) is 0 Å². The molecule has 0 heterocycles. The third-order valence-corrected chi connectivity index (χ3v) is 2.91. The maximum atomic E-state index is 9.23. The second-order valence-electron chi connectivity index (χ2n) is 4.18. The van der Waals surface area contributed by atoms with Gasteiger partial charge in [-0.1, -0.05) is 42.5 Å². The summed E-state index contributed by atoms with van der Waals surface area (Å²) >= 11 is 0. The first kappa shape index (κ1) is 12.3. The zero-order valence-corrected chi connectivity index (χ0v) is 10.1. The van der Waals surface area contributed by atoms with Gasteiger partial charge in [0.25, 0.3) is 0 Å². The van der Waals surface area contributed by atoms with E-state index >= 15 is 0 Å². The lowest BCUT2D eigenvalue weighted by molar-refractivity contribution is 0.288. The standard InChI is InChI=1S/C16H15NO/c17-12-15-11-13(5-4-10-18)8-9-16(15)14-6-2-1-3-7-14/h1-3,6-9,11,18H,4-5,10H2. The second-order valence-corrected chi connectivity index (χ2v) is 4.18. The smallest absolute Gasteiger partial charge is 0.0998 e. The first-order valence-electron chi connectivity index (χ1n) is 6.04. The number of hydrogen-bond acceptors (Lipinski definition) is 2. The zero-order valence-electron chi connectivity index (χ0n) is 10.1. The first-order valence-corrected chi connectivity index (χ1v) is 6.04. The maximum Gasteiger partial charge on any atom is 0.0998 e. The van der Waals surface area contributed by atoms with Crippen molar-refractivity contribution in [2.75, 3.05) is 6.61 Å². The van der Waals surface area contributed by atoms with Crippen LogP contribution in [0.4, 0.5) is 0 Å². The minimum atomic E-state index is 0.183. The number of aliphatic hydroxyl groups excluding tert-OH is 1. The average molecular weight is 237 g/mol. The molecule has 0 aliphatic carbocycles. The minimum Gasteiger partial charge on any atom is -0.396 e. The van der Waals surface area contributed by atoms with Crippen LogP contribution in [-0.4, -0.2) is 11.7 Å². The summed E-state index contributed by atoms with van der Waals surface area (Å²) in [7, 11) is 0. The molecule has 0 aliphatic rings. The van der Waals surface area contributed by atoms with Gasteiger partial charge in [0.15, 0.2) is 0 Å². The van der Waals surface area contributed by atoms with Gasteiger partial charge in [0, 0.05) is 6.61 Å². The van der Waals surface area contributed by atoms with Crippen LogP contribution in [-0.2, 0) is 6.42 Å². The third kappa shape index (κ3) is 2.77. The van der Waals surface area contributed by atoms with E-state index in [0.29, 0.717) is 5.56 Å². The molecule has 0 bridgehead atoms. The van der Waals surface area contributed by atoms with Gasteiger partial charge >= 0.3 is 0 Å². The molecule has 0 atom stereocenters. The maximum absolute atomic E-state index is 9.23. The number of hydrogen-bond donors (Lipinski definition) is 1. The molecule has 2 aromatic rings. The van der Waals surface area contributed by atoms with Gasteiger partial charge in [-0.2, -0.15) is 5.26 Å². The molecule has 0 unspecified atom stereocenters. The van der Waals surface area contributed by atoms with Gasteiger partial charge in [-0.05, 0) is 35.6 Å². The van der Waals surface area contributed by atoms with Gasteiger partial charge in [-0.25, -0.2) is 0 Å². The molecular weight excluding hydrogens is 222 g/mol. The summed E-state index contributed by atoms with van der Waals surface area (Å²) in [5.41, 5.74) is 3.81. The van der Waals surface area contributed by atoms with Crippen molar-refractivity contribution in [2.45, 2.75) is 12.8 Å². The van der Waals surface area contributed by atoms with Crippen molar-refractivity contribution >= 4 is 0 Å². The lowest BCUT2D eigenvalue weighted by atomic mass is 9.97. The summed E-state index contributed by atoms with van der Waals surface area (Å²) in [5.74, 6) is 0. The van der Waals surface area contributed by atoms with Crippen molar-refractivity contribution < 1.29 is 5.11 Å². The van der Waals surface area contributed by atoms with Gasteiger partial charge in [0.2, 0.25) is 0 Å². The molecule has 0 aromatic heterocycles. The van der Waals surface area contributed by atoms with Crippen LogP contribution in [0, 0.1) is 11.3 Å². The number of aryl methyl sites for hydroxylation is 1. The highest BCUT2D eigenvalue weighted by Crippen LogP contribution is 2.24. The highest BCUT2D eigenvalue weighted by atomic mass is 16.2. The van der Waals surface area contributed by atoms with Crippen LogP contribution >= 0.6 is 0 Å². The molecular formula is C16H15NO. The van der Waals surface area contributed by atoms with Crippen LogP contribution in [0.25, 0.3) is 11.1 Å². The first-order chi connectivity index (χ1) is 8.85. The molecule has 0 aliphatic heterocycles. The number of aliphatic hydroxyl groups is 1. The summed E-state index contributed by atoms with van der Waals surface area (Å²) in [5, 5.41) is 18.1. The van der Waals surface area contributed by atoms with Gasteiger partial charge in [0.05, 0.1) is 11.6 Å². The second kappa shape index (κ2) is 6.00. The van der Waals surface area contributed by atoms with Crippen molar-refractivity contribution in [3.63, 3.8) is 0 Å². The van der Waals surface area contributed by atoms with E-state index in [9.17, 15) is 5.26 Å². The molecule has 0 saturated carbocycles. The average Bonchev–Trinajstić information content (AvgIpc) is 2.45. The molecule has 2 heteroatoms. The fraction of sp³-hybridized carbons (Fsp3) is 0.188. The lowest BCUT2D eigenvalue weighted by Crippen LogP contribution is -1.92. The Morgan fingerprint density at radius 3 is 2.50 bits per heavy atom. The van der Waals surface area contributed by atoms with Crippen molar-refractivity contribution in [3.8, 4) is 17.2 Å². The third-order valence-electron chi connectivity index (χ3n) is 2.91. The van der Waals surface area contributed by atoms with Crippen LogP contribution in [0.3, 0.4) is 0 Å². The fourth-order valence-corrected chi connectivity index (χ4v) is 1.99. The predicted octanol–water partition coefficient (Wildman–Crippen LogP) is 3.15. The molecule has 2 nitrogen and oxygen atoms in total. The Hall–Kier alpha value is -2.11. The lowest BCUT2D eigenvalue weighted by Gasteiger charge is -2.07. The summed E-state index contributed by atoms with van der Waals surface area (Å²) in [6.45, 7) is 0.183. The Labute approximate surface area is 107 Å². The van der Waals surface area contributed by atoms with E-state index < -0.39 is 0 Å². The number of nitrogens with zero attached hydrogens (tertiary/aromatic N) is 1. The fourth-order valence-electron chi connectivity index (χ4n) is 1.99. The molecule has 1 N–H and O–H groups in total. The quantitative estimate of drug-likeness (QED) is 0.887. The predicted molar refractivity (Wildman–Crippen MR) is 72.0 cm³/mol. The summed E-state index contributed by atoms with van der Waals surface area (Å²) in [6, 6.07) is 18.1. The van der Waals surface area contributed by atoms with E-state index in [1.54, 1.807) is 0 Å². The number of rotatable bonds is 4. The molecule has 0 fully saturated rings. The summed E-state index contributed by atoms with van der Waals surface area (Å²) in [6.07, 6.45) is 1.54. The summed E-state index contributed by atoms with van der Waals surface area (Å²) < 4.78 is 0. The van der Waals surface area contributed by atoms with Crippen molar-refractivity contribution in [3.05, 3.63) is 59.7 Å². The SMILES string of the molecule is N#Cc1cc(CCCO)ccc1-c1ccccc1. The Bertz CT molecular complexity index is 555. The highest BCUT2D eigenvalue weighted by Gasteiger charge is 2.05. The monoisotopic (exact) mass is 237 g/mol. The van der Waals surface area contributed by atoms with Gasteiger partial charge < -0.3 is 5.11 Å². The van der Waals surface area contributed by atoms with E-state index in [4.69, 9.17) is 5.11 Å². The molecule has 2 aromatic carbocycles. The Kier molecular flexibility index (Phi) is 4.11. The highest BCUT2D eigenvalue weighted by molar-refractivity contribution is 5.70. The van der Waals surface area contributed by atoms with Gasteiger partial charge in [-0.3, -0.25) is 0 Å². The Balaban J connectivity index is 2.36. The number of benzene rings is 2. The Morgan fingerprint density at radius 2 is 1.83 bits per heavy atom. The molecule has 0 spiro atoms. The summed E-state index contributed by atoms with van der Waals surface area (Å²) in [4.78, 5) is 0. The van der Waals surface area contributed by atoms with E-state index in [0.717, 1.165) is 29.5 Å². The van der Waals surface area contributed by atoms with E-state index in [1.165, 1.54) is 0 Å². The molecule has 18 heavy (non-hydrogen) atoms. The topological polar surface area (TPSA) is 44.0 Å². The molecule has 0 saturated heterocycles. The van der Waals surface area contributed by atoms with Crippen LogP contribution < -0.4 is 0 Å². The Morgan fingerprint density at radius 1 is 1.06 bits per heavy atom. The molecule has 2 rings (SSSR count). The van der Waals surface area contributed by atoms with Gasteiger partial charge in [-0.15, -0.1) is 0 Å². The van der Waals surface area contributed by atoms with Crippen LogP contribution in [0.1, 0.15) is 17.5 Å². The zero-order chi connectivity index (χ0) is 12.8. The van der Waals surface area contributed by atoms with E-state index in [-0.39, 0.29) is 6.61 Å². The molecule has 0 amide bonds. The molecule has 0 radical (unpaired) electrons. The van der Waals surface area contributed by atoms with Crippen molar-refractivity contribution in [2.24, 2.45) is 0 Å². The number of nitriles is 1. The normalized spacial score (nSPS) is 10.0.